The van der Waals surface area contributed by atoms with Crippen LogP contribution < -0.4 is 46.6 Å². The van der Waals surface area contributed by atoms with Crippen molar-refractivity contribution in [2.75, 3.05) is 0 Å². The first-order chi connectivity index (χ1) is 38.2. The molecule has 80 heavy (non-hydrogen) atoms. The van der Waals surface area contributed by atoms with Gasteiger partial charge in [0.25, 0.3) is 6.71 Å². The smallest absolute Gasteiger partial charge is 0.260 e. The zero-order valence-corrected chi connectivity index (χ0v) is 49.8. The van der Waals surface area contributed by atoms with Gasteiger partial charge in [-0.05, 0) is 127 Å². The van der Waals surface area contributed by atoms with Gasteiger partial charge in [-0.1, -0.05) is 289 Å². The van der Waals surface area contributed by atoms with E-state index in [9.17, 15) is 0 Å². The first-order valence-corrected chi connectivity index (χ1v) is 30.7. The second kappa shape index (κ2) is 19.7. The van der Waals surface area contributed by atoms with Gasteiger partial charge in [-0.2, -0.15) is 0 Å². The molecule has 0 amide bonds. The Labute approximate surface area is 477 Å². The van der Waals surface area contributed by atoms with Gasteiger partial charge < -0.3 is 9.47 Å². The van der Waals surface area contributed by atoms with E-state index in [4.69, 9.17) is 9.47 Å². The van der Waals surface area contributed by atoms with E-state index in [1.165, 1.54) is 54.1 Å². The lowest BCUT2D eigenvalue weighted by Gasteiger charge is -2.36. The number of ether oxygens (including phenoxy) is 2. The Bertz CT molecular complexity index is 3790. The quantitative estimate of drug-likeness (QED) is 0.112. The van der Waals surface area contributed by atoms with Crippen molar-refractivity contribution in [3.63, 3.8) is 0 Å². The van der Waals surface area contributed by atoms with Crippen molar-refractivity contribution < 1.29 is 9.47 Å². The summed E-state index contributed by atoms with van der Waals surface area (Å²) in [7, 11) is -2.91. The third-order valence-electron chi connectivity index (χ3n) is 16.9. The highest BCUT2D eigenvalue weighted by Crippen LogP contribution is 2.48. The minimum absolute atomic E-state index is 0.0285. The highest BCUT2D eigenvalue weighted by molar-refractivity contribution is 7.20. The van der Waals surface area contributed by atoms with E-state index < -0.39 is 8.07 Å². The first-order valence-electron chi connectivity index (χ1n) is 28.7. The van der Waals surface area contributed by atoms with Crippen LogP contribution in [0.4, 0.5) is 0 Å². The standard InChI is InChI=1S/C76H73BO2Si/c1-73(2,3)56-40-54(41-57(47-56)74(4,5)6)51-36-38-66-68(45-51)78-71-64(50-26-17-13-18-27-50)49-65(53-28-25-35-63(44-53)80(60-29-19-14-20-30-60,61-31-21-15-22-32-61)62-33-23-16-24-34-62)72-70(71)77(66)67-39-37-52(46-69(67)79-72)55-42-58(75(7,8)9)48-59(43-55)76(10,11)12/h13-49H,1-12H3. The fraction of sp³-hybridized carbons (Fsp3) is 0.211. The molecule has 0 atom stereocenters. The van der Waals surface area contributed by atoms with Crippen LogP contribution in [0.5, 0.6) is 23.0 Å². The molecule has 0 saturated heterocycles. The summed E-state index contributed by atoms with van der Waals surface area (Å²) in [6.07, 6.45) is 0. The van der Waals surface area contributed by atoms with Crippen LogP contribution in [-0.4, -0.2) is 14.8 Å². The summed E-state index contributed by atoms with van der Waals surface area (Å²) in [5.74, 6) is 3.40. The van der Waals surface area contributed by atoms with E-state index in [1.54, 1.807) is 0 Å². The van der Waals surface area contributed by atoms with Crippen molar-refractivity contribution in [1.82, 2.24) is 0 Å². The van der Waals surface area contributed by atoms with Crippen LogP contribution >= 0.6 is 0 Å². The van der Waals surface area contributed by atoms with Crippen molar-refractivity contribution in [2.45, 2.75) is 105 Å². The zero-order valence-electron chi connectivity index (χ0n) is 48.8. The summed E-state index contributed by atoms with van der Waals surface area (Å²) < 4.78 is 15.2. The van der Waals surface area contributed by atoms with Crippen LogP contribution in [0.3, 0.4) is 0 Å². The molecular formula is C76H73BO2Si. The maximum Gasteiger partial charge on any atom is 0.260 e. The Morgan fingerprint density at radius 3 is 1.02 bits per heavy atom. The van der Waals surface area contributed by atoms with Gasteiger partial charge in [-0.15, -0.1) is 0 Å². The maximum atomic E-state index is 7.67. The topological polar surface area (TPSA) is 18.5 Å². The minimum atomic E-state index is -2.91. The summed E-state index contributed by atoms with van der Waals surface area (Å²) in [6.45, 7) is 27.6. The molecular weight excluding hydrogens is 984 g/mol. The average Bonchev–Trinajstić information content (AvgIpc) is 3.51. The lowest BCUT2D eigenvalue weighted by atomic mass is 9.34. The SMILES string of the molecule is CC(C)(C)c1cc(-c2ccc3c(c2)Oc2c(-c4ccccc4)cc(-c4cccc([Si](c5ccccc5)(c5ccccc5)c5ccccc5)c4)c4c2B3c2ccc(-c3cc(C(C)(C)C)cc(C(C)(C)C)c3)cc2O4)cc(C(C)(C)C)c1. The molecule has 2 heterocycles. The number of hydrogen-bond acceptors (Lipinski definition) is 2. The summed E-state index contributed by atoms with van der Waals surface area (Å²) in [6, 6.07) is 84.4. The number of rotatable bonds is 8. The van der Waals surface area contributed by atoms with E-state index in [0.717, 1.165) is 72.8 Å². The third kappa shape index (κ3) is 9.45. The Balaban J connectivity index is 1.13. The predicted molar refractivity (Wildman–Crippen MR) is 344 cm³/mol. The highest BCUT2D eigenvalue weighted by atomic mass is 28.3. The molecule has 396 valence electrons. The average molecular weight is 1060 g/mol. The van der Waals surface area contributed by atoms with Crippen molar-refractivity contribution in [1.29, 1.82) is 0 Å². The van der Waals surface area contributed by atoms with Crippen molar-refractivity contribution in [3.05, 3.63) is 247 Å². The Hall–Kier alpha value is -7.92. The minimum Gasteiger partial charge on any atom is -0.458 e. The van der Waals surface area contributed by atoms with Crippen LogP contribution in [0.25, 0.3) is 44.5 Å². The predicted octanol–water partition coefficient (Wildman–Crippen LogP) is 15.6. The van der Waals surface area contributed by atoms with Gasteiger partial charge in [0.05, 0.1) is 0 Å². The van der Waals surface area contributed by atoms with E-state index >= 15 is 0 Å². The maximum absolute atomic E-state index is 7.67. The second-order valence-corrected chi connectivity index (χ2v) is 30.4. The first kappa shape index (κ1) is 52.8. The highest BCUT2D eigenvalue weighted by Gasteiger charge is 2.45. The Morgan fingerprint density at radius 1 is 0.287 bits per heavy atom. The fourth-order valence-electron chi connectivity index (χ4n) is 12.3. The van der Waals surface area contributed by atoms with Gasteiger partial charge in [-0.25, -0.2) is 0 Å². The fourth-order valence-corrected chi connectivity index (χ4v) is 17.1. The molecule has 12 rings (SSSR count). The molecule has 4 heteroatoms. The second-order valence-electron chi connectivity index (χ2n) is 26.6. The van der Waals surface area contributed by atoms with Crippen LogP contribution in [-0.2, 0) is 21.7 Å². The van der Waals surface area contributed by atoms with Gasteiger partial charge in [0, 0.05) is 16.6 Å². The molecule has 0 saturated carbocycles. The monoisotopic (exact) mass is 1060 g/mol. The molecule has 0 aliphatic carbocycles. The normalized spacial score (nSPS) is 13.2. The molecule has 0 aromatic heterocycles. The molecule has 2 nitrogen and oxygen atoms in total. The van der Waals surface area contributed by atoms with Crippen LogP contribution in [0.2, 0.25) is 0 Å². The van der Waals surface area contributed by atoms with E-state index in [0.29, 0.717) is 0 Å². The molecule has 0 radical (unpaired) electrons. The number of fused-ring (bicyclic) bond motifs is 4. The molecule has 2 aliphatic rings. The van der Waals surface area contributed by atoms with Gasteiger partial charge in [-0.3, -0.25) is 0 Å². The van der Waals surface area contributed by atoms with Crippen molar-refractivity contribution in [3.8, 4) is 67.5 Å². The lowest BCUT2D eigenvalue weighted by molar-refractivity contribution is 0.467. The summed E-state index contributed by atoms with van der Waals surface area (Å²) in [5, 5.41) is 5.29. The number of benzene rings is 10. The summed E-state index contributed by atoms with van der Waals surface area (Å²) in [5.41, 5.74) is 17.4. The molecule has 0 unspecified atom stereocenters. The van der Waals surface area contributed by atoms with E-state index in [2.05, 4.69) is 308 Å². The number of hydrogen-bond donors (Lipinski definition) is 0. The van der Waals surface area contributed by atoms with Crippen LogP contribution in [0, 0.1) is 0 Å². The van der Waals surface area contributed by atoms with Crippen LogP contribution in [0.15, 0.2) is 224 Å². The molecule has 2 aliphatic heterocycles. The third-order valence-corrected chi connectivity index (χ3v) is 21.7. The molecule has 0 fully saturated rings. The molecule has 0 spiro atoms. The van der Waals surface area contributed by atoms with Gasteiger partial charge >= 0.3 is 0 Å². The van der Waals surface area contributed by atoms with E-state index in [1.807, 2.05) is 0 Å². The molecule has 0 N–H and O–H groups in total. The summed E-state index contributed by atoms with van der Waals surface area (Å²) >= 11 is 0. The molecule has 10 aromatic rings. The lowest BCUT2D eigenvalue weighted by Crippen LogP contribution is -2.74. The van der Waals surface area contributed by atoms with E-state index in [-0.39, 0.29) is 28.4 Å². The van der Waals surface area contributed by atoms with Crippen molar-refractivity contribution in [2.24, 2.45) is 0 Å². The van der Waals surface area contributed by atoms with Crippen LogP contribution in [0.1, 0.15) is 105 Å². The Kier molecular flexibility index (Phi) is 13.0. The Morgan fingerprint density at radius 2 is 0.637 bits per heavy atom. The zero-order chi connectivity index (χ0) is 55.9. The molecule has 0 bridgehead atoms. The van der Waals surface area contributed by atoms with Gasteiger partial charge in [0.1, 0.15) is 23.0 Å². The largest absolute Gasteiger partial charge is 0.458 e. The van der Waals surface area contributed by atoms with Crippen molar-refractivity contribution >= 4 is 51.9 Å². The summed E-state index contributed by atoms with van der Waals surface area (Å²) in [4.78, 5) is 0. The van der Waals surface area contributed by atoms with Gasteiger partial charge in [0.15, 0.2) is 8.07 Å². The molecule has 10 aromatic carbocycles. The van der Waals surface area contributed by atoms with Gasteiger partial charge in [0.2, 0.25) is 0 Å².